The molecule has 0 bridgehead atoms. The van der Waals surface area contributed by atoms with Gasteiger partial charge in [-0.1, -0.05) is 72.4 Å². The summed E-state index contributed by atoms with van der Waals surface area (Å²) in [6, 6.07) is 25.9. The van der Waals surface area contributed by atoms with Crippen molar-refractivity contribution in [3.8, 4) is 0 Å². The number of fused-ring (bicyclic) bond motifs is 1. The van der Waals surface area contributed by atoms with E-state index in [9.17, 15) is 0 Å². The van der Waals surface area contributed by atoms with Crippen LogP contribution in [0.5, 0.6) is 0 Å². The van der Waals surface area contributed by atoms with Crippen LogP contribution >= 0.6 is 11.8 Å². The van der Waals surface area contributed by atoms with Gasteiger partial charge in [0.05, 0.1) is 6.04 Å². The molecule has 0 aliphatic carbocycles. The van der Waals surface area contributed by atoms with Crippen LogP contribution in [0.25, 0.3) is 5.65 Å². The summed E-state index contributed by atoms with van der Waals surface area (Å²) in [4.78, 5) is 4.93. The summed E-state index contributed by atoms with van der Waals surface area (Å²) in [6.07, 6.45) is 2.00. The van der Waals surface area contributed by atoms with E-state index in [1.54, 1.807) is 11.8 Å². The first-order chi connectivity index (χ1) is 14.8. The summed E-state index contributed by atoms with van der Waals surface area (Å²) in [6.45, 7) is 3.83. The van der Waals surface area contributed by atoms with Crippen LogP contribution in [0.4, 0.5) is 5.82 Å². The molecule has 1 fully saturated rings. The molecule has 5 rings (SSSR count). The lowest BCUT2D eigenvalue weighted by Crippen LogP contribution is -2.48. The number of nitrogens with zero attached hydrogens (tertiary/aromatic N) is 6. The number of anilines is 1. The molecule has 0 atom stereocenters. The third-order valence-corrected chi connectivity index (χ3v) is 6.26. The van der Waals surface area contributed by atoms with E-state index >= 15 is 0 Å². The average molecular weight is 417 g/mol. The van der Waals surface area contributed by atoms with Crippen LogP contribution < -0.4 is 4.90 Å². The smallest absolute Gasteiger partial charge is 0.212 e. The molecule has 0 radical (unpaired) electrons. The highest BCUT2D eigenvalue weighted by Crippen LogP contribution is 2.30. The minimum absolute atomic E-state index is 0.269. The van der Waals surface area contributed by atoms with Gasteiger partial charge < -0.3 is 4.90 Å². The zero-order valence-corrected chi connectivity index (χ0v) is 17.7. The quantitative estimate of drug-likeness (QED) is 0.462. The van der Waals surface area contributed by atoms with Crippen LogP contribution in [0.1, 0.15) is 17.2 Å². The number of hydrogen-bond acceptors (Lipinski definition) is 6. The number of piperazine rings is 1. The van der Waals surface area contributed by atoms with E-state index in [2.05, 4.69) is 86.7 Å². The molecule has 1 aliphatic rings. The Hall–Kier alpha value is -2.90. The van der Waals surface area contributed by atoms with E-state index in [1.807, 2.05) is 16.8 Å². The fourth-order valence-electron chi connectivity index (χ4n) is 4.15. The molecule has 1 saturated heterocycles. The molecular formula is C23H24N6S. The minimum atomic E-state index is 0.269. The topological polar surface area (TPSA) is 49.6 Å². The van der Waals surface area contributed by atoms with E-state index in [-0.39, 0.29) is 6.04 Å². The largest absolute Gasteiger partial charge is 0.353 e. The first-order valence-electron chi connectivity index (χ1n) is 10.2. The van der Waals surface area contributed by atoms with Crippen molar-refractivity contribution in [2.75, 3.05) is 37.3 Å². The second kappa shape index (κ2) is 8.45. The number of aromatic nitrogens is 4. The van der Waals surface area contributed by atoms with Crippen molar-refractivity contribution < 1.29 is 0 Å². The molecule has 0 spiro atoms. The molecule has 0 N–H and O–H groups in total. The van der Waals surface area contributed by atoms with E-state index < -0.39 is 0 Å². The summed E-state index contributed by atoms with van der Waals surface area (Å²) < 4.78 is 1.84. The first-order valence-corrected chi connectivity index (χ1v) is 11.4. The van der Waals surface area contributed by atoms with Crippen molar-refractivity contribution in [3.63, 3.8) is 0 Å². The molecule has 0 saturated carbocycles. The first kappa shape index (κ1) is 19.1. The zero-order chi connectivity index (χ0) is 20.3. The molecule has 3 heterocycles. The summed E-state index contributed by atoms with van der Waals surface area (Å²) in [5.74, 6) is 0.980. The Morgan fingerprint density at radius 3 is 2.00 bits per heavy atom. The second-order valence-corrected chi connectivity index (χ2v) is 8.17. The van der Waals surface area contributed by atoms with E-state index in [1.165, 1.54) is 11.1 Å². The predicted octanol–water partition coefficient (Wildman–Crippen LogP) is 3.76. The van der Waals surface area contributed by atoms with E-state index in [0.29, 0.717) is 0 Å². The lowest BCUT2D eigenvalue weighted by molar-refractivity contribution is 0.212. The second-order valence-electron chi connectivity index (χ2n) is 7.40. The summed E-state index contributed by atoms with van der Waals surface area (Å²) in [5.41, 5.74) is 3.46. The number of benzene rings is 2. The molecule has 6 nitrogen and oxygen atoms in total. The Morgan fingerprint density at radius 2 is 1.40 bits per heavy atom. The van der Waals surface area contributed by atoms with Crippen molar-refractivity contribution in [3.05, 3.63) is 83.9 Å². The van der Waals surface area contributed by atoms with Crippen molar-refractivity contribution in [2.45, 2.75) is 11.2 Å². The molecule has 1 aliphatic heterocycles. The highest BCUT2D eigenvalue weighted by Gasteiger charge is 2.27. The van der Waals surface area contributed by atoms with Gasteiger partial charge in [0.2, 0.25) is 5.16 Å². The van der Waals surface area contributed by atoms with Crippen LogP contribution in [-0.2, 0) is 0 Å². The highest BCUT2D eigenvalue weighted by molar-refractivity contribution is 7.98. The Bertz CT molecular complexity index is 1070. The molecular weight excluding hydrogens is 392 g/mol. The van der Waals surface area contributed by atoms with Crippen molar-refractivity contribution in [1.29, 1.82) is 0 Å². The zero-order valence-electron chi connectivity index (χ0n) is 16.9. The van der Waals surface area contributed by atoms with Gasteiger partial charge in [-0.2, -0.15) is 4.52 Å². The highest BCUT2D eigenvalue weighted by atomic mass is 32.2. The van der Waals surface area contributed by atoms with Gasteiger partial charge in [0.1, 0.15) is 5.82 Å². The third kappa shape index (κ3) is 3.66. The molecule has 152 valence electrons. The molecule has 30 heavy (non-hydrogen) atoms. The maximum Gasteiger partial charge on any atom is 0.212 e. The maximum atomic E-state index is 4.79. The average Bonchev–Trinajstić information content (AvgIpc) is 3.23. The summed E-state index contributed by atoms with van der Waals surface area (Å²) in [7, 11) is 0. The Kier molecular flexibility index (Phi) is 5.38. The van der Waals surface area contributed by atoms with Crippen molar-refractivity contribution >= 4 is 23.2 Å². The Balaban J connectivity index is 1.37. The molecule has 0 amide bonds. The van der Waals surface area contributed by atoms with Crippen LogP contribution in [0.3, 0.4) is 0 Å². The number of rotatable bonds is 5. The SMILES string of the molecule is CSc1nnc2ccc(N3CCN(C(c4ccccc4)c4ccccc4)CC3)nn12. The van der Waals surface area contributed by atoms with Crippen LogP contribution in [0.2, 0.25) is 0 Å². The fourth-order valence-corrected chi connectivity index (χ4v) is 4.58. The number of thioether (sulfide) groups is 1. The lowest BCUT2D eigenvalue weighted by atomic mass is 9.96. The Labute approximate surface area is 180 Å². The third-order valence-electron chi connectivity index (χ3n) is 5.64. The van der Waals surface area contributed by atoms with Gasteiger partial charge in [0, 0.05) is 26.2 Å². The van der Waals surface area contributed by atoms with E-state index in [0.717, 1.165) is 42.8 Å². The Morgan fingerprint density at radius 1 is 0.767 bits per heavy atom. The molecule has 2 aromatic heterocycles. The normalized spacial score (nSPS) is 15.2. The van der Waals surface area contributed by atoms with Gasteiger partial charge in [-0.3, -0.25) is 4.90 Å². The van der Waals surface area contributed by atoms with Crippen LogP contribution in [0.15, 0.2) is 78.0 Å². The monoisotopic (exact) mass is 416 g/mol. The minimum Gasteiger partial charge on any atom is -0.353 e. The molecule has 4 aromatic rings. The van der Waals surface area contributed by atoms with Gasteiger partial charge in [0.15, 0.2) is 5.65 Å². The molecule has 2 aromatic carbocycles. The standard InChI is InChI=1S/C23H24N6S/c1-30-23-25-24-20-12-13-21(26-29(20)23)27-14-16-28(17-15-27)22(18-8-4-2-5-9-18)19-10-6-3-7-11-19/h2-13,22H,14-17H2,1H3. The predicted molar refractivity (Wildman–Crippen MR) is 121 cm³/mol. The summed E-state index contributed by atoms with van der Waals surface area (Å²) in [5, 5.41) is 14.0. The van der Waals surface area contributed by atoms with Crippen LogP contribution in [-0.4, -0.2) is 57.1 Å². The fraction of sp³-hybridized carbons (Fsp3) is 0.261. The van der Waals surface area contributed by atoms with E-state index in [4.69, 9.17) is 5.10 Å². The van der Waals surface area contributed by atoms with Crippen molar-refractivity contribution in [1.82, 2.24) is 24.7 Å². The van der Waals surface area contributed by atoms with Crippen LogP contribution in [0, 0.1) is 0 Å². The summed E-state index contributed by atoms with van der Waals surface area (Å²) >= 11 is 1.56. The van der Waals surface area contributed by atoms with Gasteiger partial charge in [-0.25, -0.2) is 0 Å². The molecule has 7 heteroatoms. The lowest BCUT2D eigenvalue weighted by Gasteiger charge is -2.40. The van der Waals surface area contributed by atoms with Gasteiger partial charge in [-0.15, -0.1) is 15.3 Å². The molecule has 0 unspecified atom stereocenters. The van der Waals surface area contributed by atoms with Gasteiger partial charge in [0.25, 0.3) is 0 Å². The van der Waals surface area contributed by atoms with Gasteiger partial charge >= 0.3 is 0 Å². The maximum absolute atomic E-state index is 4.79. The van der Waals surface area contributed by atoms with Crippen molar-refractivity contribution in [2.24, 2.45) is 0 Å². The number of hydrogen-bond donors (Lipinski definition) is 0. The van der Waals surface area contributed by atoms with Gasteiger partial charge in [-0.05, 0) is 29.5 Å².